The standard InChI is InChI=1S/C15H16BrNO4/c1-15(2,20)12(14(19)21-3)17-13(18)11-6-4-10(5-7-11)8-9-16/h4-7,12,20H,1-3H3,(H,17,18). The Kier molecular flexibility index (Phi) is 5.94. The summed E-state index contributed by atoms with van der Waals surface area (Å²) in [4.78, 5) is 26.3. The van der Waals surface area contributed by atoms with Gasteiger partial charge in [-0.15, -0.1) is 0 Å². The molecule has 0 aliphatic carbocycles. The number of hydrogen-bond donors (Lipinski definition) is 2. The SMILES string of the molecule is COC(=O)C(NC(=O)c1ccc(C#CBr)cc1)C(C)(C)O. The summed E-state index contributed by atoms with van der Waals surface area (Å²) < 4.78 is 4.59. The number of hydrogen-bond acceptors (Lipinski definition) is 4. The van der Waals surface area contributed by atoms with Crippen LogP contribution in [0, 0.1) is 10.8 Å². The first-order chi connectivity index (χ1) is 9.79. The molecular weight excluding hydrogens is 338 g/mol. The third-order valence-corrected chi connectivity index (χ3v) is 2.96. The molecule has 2 N–H and O–H groups in total. The van der Waals surface area contributed by atoms with Crippen molar-refractivity contribution in [1.82, 2.24) is 5.32 Å². The number of carbonyl (C=O) groups excluding carboxylic acids is 2. The lowest BCUT2D eigenvalue weighted by atomic mass is 9.98. The second-order valence-corrected chi connectivity index (χ2v) is 5.28. The Bertz CT molecular complexity index is 578. The van der Waals surface area contributed by atoms with Crippen molar-refractivity contribution in [3.63, 3.8) is 0 Å². The Balaban J connectivity index is 2.91. The molecule has 0 fully saturated rings. The maximum atomic E-state index is 12.1. The molecule has 1 rings (SSSR count). The van der Waals surface area contributed by atoms with Gasteiger partial charge < -0.3 is 15.2 Å². The first-order valence-electron chi connectivity index (χ1n) is 6.12. The predicted octanol–water partition coefficient (Wildman–Crippen LogP) is 1.43. The molecule has 0 saturated carbocycles. The molecule has 1 aromatic rings. The molecule has 0 aliphatic rings. The Morgan fingerprint density at radius 3 is 2.33 bits per heavy atom. The van der Waals surface area contributed by atoms with Crippen molar-refractivity contribution in [3.8, 4) is 10.8 Å². The zero-order valence-corrected chi connectivity index (χ0v) is 13.5. The van der Waals surface area contributed by atoms with Crippen LogP contribution in [0.1, 0.15) is 29.8 Å². The summed E-state index contributed by atoms with van der Waals surface area (Å²) in [5.74, 6) is 1.60. The van der Waals surface area contributed by atoms with Gasteiger partial charge in [0, 0.05) is 27.1 Å². The molecule has 5 nitrogen and oxygen atoms in total. The van der Waals surface area contributed by atoms with E-state index in [0.29, 0.717) is 5.56 Å². The monoisotopic (exact) mass is 353 g/mol. The van der Waals surface area contributed by atoms with Crippen molar-refractivity contribution in [3.05, 3.63) is 35.4 Å². The minimum Gasteiger partial charge on any atom is -0.467 e. The number of nitrogens with one attached hydrogen (secondary N) is 1. The van der Waals surface area contributed by atoms with E-state index in [0.717, 1.165) is 5.56 Å². The Morgan fingerprint density at radius 1 is 1.33 bits per heavy atom. The third-order valence-electron chi connectivity index (χ3n) is 2.76. The zero-order chi connectivity index (χ0) is 16.0. The number of methoxy groups -OCH3 is 1. The minimum atomic E-state index is -1.44. The number of halogens is 1. The lowest BCUT2D eigenvalue weighted by Crippen LogP contribution is -2.54. The summed E-state index contributed by atoms with van der Waals surface area (Å²) in [7, 11) is 1.20. The zero-order valence-electron chi connectivity index (χ0n) is 11.9. The number of benzene rings is 1. The molecule has 0 spiro atoms. The van der Waals surface area contributed by atoms with Crippen molar-refractivity contribution >= 4 is 27.8 Å². The van der Waals surface area contributed by atoms with Gasteiger partial charge in [-0.1, -0.05) is 5.92 Å². The molecule has 1 atom stereocenters. The fourth-order valence-electron chi connectivity index (χ4n) is 1.62. The molecule has 112 valence electrons. The predicted molar refractivity (Wildman–Crippen MR) is 81.8 cm³/mol. The number of aliphatic hydroxyl groups is 1. The van der Waals surface area contributed by atoms with E-state index in [1.807, 2.05) is 0 Å². The van der Waals surface area contributed by atoms with E-state index in [2.05, 4.69) is 36.7 Å². The van der Waals surface area contributed by atoms with Crippen molar-refractivity contribution < 1.29 is 19.4 Å². The van der Waals surface area contributed by atoms with Gasteiger partial charge in [-0.25, -0.2) is 4.79 Å². The molecule has 0 bridgehead atoms. The smallest absolute Gasteiger partial charge is 0.331 e. The number of amides is 1. The third kappa shape index (κ3) is 4.88. The van der Waals surface area contributed by atoms with Gasteiger partial charge in [-0.3, -0.25) is 4.79 Å². The van der Waals surface area contributed by atoms with Crippen molar-refractivity contribution in [2.45, 2.75) is 25.5 Å². The quantitative estimate of drug-likeness (QED) is 0.634. The van der Waals surface area contributed by atoms with Crippen molar-refractivity contribution in [1.29, 1.82) is 0 Å². The summed E-state index contributed by atoms with van der Waals surface area (Å²) in [6.45, 7) is 2.84. The second-order valence-electron chi connectivity index (χ2n) is 4.88. The normalized spacial score (nSPS) is 11.9. The number of esters is 1. The van der Waals surface area contributed by atoms with Crippen LogP contribution < -0.4 is 5.32 Å². The van der Waals surface area contributed by atoms with E-state index >= 15 is 0 Å². The van der Waals surface area contributed by atoms with E-state index in [9.17, 15) is 14.7 Å². The molecular formula is C15H16BrNO4. The summed E-state index contributed by atoms with van der Waals surface area (Å²) in [5, 5.41) is 12.4. The van der Waals surface area contributed by atoms with Crippen LogP contribution in [0.2, 0.25) is 0 Å². The van der Waals surface area contributed by atoms with Gasteiger partial charge in [0.15, 0.2) is 6.04 Å². The molecule has 1 amide bonds. The second kappa shape index (κ2) is 7.25. The summed E-state index contributed by atoms with van der Waals surface area (Å²) in [6, 6.07) is 5.37. The first-order valence-corrected chi connectivity index (χ1v) is 6.91. The van der Waals surface area contributed by atoms with Gasteiger partial charge >= 0.3 is 5.97 Å². The average Bonchev–Trinajstić information content (AvgIpc) is 2.43. The molecule has 0 aliphatic heterocycles. The Morgan fingerprint density at radius 2 is 1.90 bits per heavy atom. The highest BCUT2D eigenvalue weighted by Crippen LogP contribution is 2.12. The summed E-state index contributed by atoms with van der Waals surface area (Å²) >= 11 is 2.99. The van der Waals surface area contributed by atoms with Gasteiger partial charge in [-0.05, 0) is 42.9 Å². The van der Waals surface area contributed by atoms with E-state index in [1.165, 1.54) is 21.0 Å². The lowest BCUT2D eigenvalue weighted by Gasteiger charge is -2.27. The molecule has 1 unspecified atom stereocenters. The van der Waals surface area contributed by atoms with Crippen LogP contribution in [0.4, 0.5) is 0 Å². The molecule has 0 aromatic heterocycles. The van der Waals surface area contributed by atoms with Crippen LogP contribution in [0.25, 0.3) is 0 Å². The number of carbonyl (C=O) groups is 2. The van der Waals surface area contributed by atoms with Gasteiger partial charge in [0.05, 0.1) is 12.7 Å². The Hall–Kier alpha value is -1.84. The maximum absolute atomic E-state index is 12.1. The summed E-state index contributed by atoms with van der Waals surface area (Å²) in [6.07, 6.45) is 0. The van der Waals surface area contributed by atoms with Crippen molar-refractivity contribution in [2.75, 3.05) is 7.11 Å². The number of rotatable bonds is 4. The van der Waals surface area contributed by atoms with Crippen LogP contribution in [0.5, 0.6) is 0 Å². The Labute approximate surface area is 131 Å². The fourth-order valence-corrected chi connectivity index (χ4v) is 1.84. The van der Waals surface area contributed by atoms with E-state index in [-0.39, 0.29) is 0 Å². The van der Waals surface area contributed by atoms with Gasteiger partial charge in [0.2, 0.25) is 0 Å². The topological polar surface area (TPSA) is 75.6 Å². The van der Waals surface area contributed by atoms with Crippen molar-refractivity contribution in [2.24, 2.45) is 0 Å². The molecule has 0 heterocycles. The molecule has 21 heavy (non-hydrogen) atoms. The van der Waals surface area contributed by atoms with Crippen LogP contribution in [-0.4, -0.2) is 35.7 Å². The van der Waals surface area contributed by atoms with E-state index in [1.54, 1.807) is 24.3 Å². The average molecular weight is 354 g/mol. The highest BCUT2D eigenvalue weighted by molar-refractivity contribution is 9.12. The molecule has 0 saturated heterocycles. The number of ether oxygens (including phenoxy) is 1. The highest BCUT2D eigenvalue weighted by atomic mass is 79.9. The van der Waals surface area contributed by atoms with E-state index < -0.39 is 23.5 Å². The lowest BCUT2D eigenvalue weighted by molar-refractivity contribution is -0.148. The van der Waals surface area contributed by atoms with Gasteiger partial charge in [-0.2, -0.15) is 0 Å². The largest absolute Gasteiger partial charge is 0.467 e. The van der Waals surface area contributed by atoms with Crippen LogP contribution >= 0.6 is 15.9 Å². The fraction of sp³-hybridized carbons (Fsp3) is 0.333. The first kappa shape index (κ1) is 17.2. The van der Waals surface area contributed by atoms with Gasteiger partial charge in [0.25, 0.3) is 5.91 Å². The summed E-state index contributed by atoms with van der Waals surface area (Å²) in [5.41, 5.74) is -0.340. The van der Waals surface area contributed by atoms with Crippen LogP contribution in [0.3, 0.4) is 0 Å². The molecule has 1 aromatic carbocycles. The van der Waals surface area contributed by atoms with E-state index in [4.69, 9.17) is 0 Å². The van der Waals surface area contributed by atoms with Crippen LogP contribution in [-0.2, 0) is 9.53 Å². The van der Waals surface area contributed by atoms with Crippen LogP contribution in [0.15, 0.2) is 24.3 Å². The highest BCUT2D eigenvalue weighted by Gasteiger charge is 2.35. The molecule has 0 radical (unpaired) electrons. The van der Waals surface area contributed by atoms with Gasteiger partial charge in [0.1, 0.15) is 0 Å². The minimum absolute atomic E-state index is 0.355. The molecule has 6 heteroatoms. The maximum Gasteiger partial charge on any atom is 0.331 e.